The number of rotatable bonds is 2. The van der Waals surface area contributed by atoms with Gasteiger partial charge in [0.05, 0.1) is 7.11 Å². The zero-order chi connectivity index (χ0) is 11.1. The Morgan fingerprint density at radius 1 is 1.57 bits per heavy atom. The van der Waals surface area contributed by atoms with Gasteiger partial charge in [0, 0.05) is 11.5 Å². The van der Waals surface area contributed by atoms with Crippen molar-refractivity contribution in [3.05, 3.63) is 11.3 Å². The van der Waals surface area contributed by atoms with Crippen molar-refractivity contribution in [3.8, 4) is 0 Å². The monoisotopic (exact) mass is 198 g/mol. The Kier molecular flexibility index (Phi) is 2.39. The van der Waals surface area contributed by atoms with Gasteiger partial charge < -0.3 is 9.84 Å². The first kappa shape index (κ1) is 10.8. The molecule has 0 radical (unpaired) electrons. The number of carbonyl (C=O) groups excluding carboxylic acids is 1. The highest BCUT2D eigenvalue weighted by molar-refractivity contribution is 6.05. The quantitative estimate of drug-likeness (QED) is 0.724. The van der Waals surface area contributed by atoms with Crippen LogP contribution in [0.15, 0.2) is 11.3 Å². The zero-order valence-corrected chi connectivity index (χ0v) is 8.75. The van der Waals surface area contributed by atoms with Gasteiger partial charge in [0.2, 0.25) is 0 Å². The molecule has 0 aromatic carbocycles. The van der Waals surface area contributed by atoms with Crippen LogP contribution in [0.3, 0.4) is 0 Å². The van der Waals surface area contributed by atoms with E-state index in [1.807, 2.05) is 0 Å². The minimum atomic E-state index is -1.21. The molecule has 4 nitrogen and oxygen atoms in total. The van der Waals surface area contributed by atoms with Crippen LogP contribution >= 0.6 is 0 Å². The summed E-state index contributed by atoms with van der Waals surface area (Å²) in [5, 5.41) is 9.11. The predicted octanol–water partition coefficient (Wildman–Crippen LogP) is 1.22. The second-order valence-corrected chi connectivity index (χ2v) is 3.75. The van der Waals surface area contributed by atoms with Crippen molar-refractivity contribution in [3.63, 3.8) is 0 Å². The summed E-state index contributed by atoms with van der Waals surface area (Å²) in [6.07, 6.45) is 0. The van der Waals surface area contributed by atoms with Crippen molar-refractivity contribution >= 4 is 11.8 Å². The van der Waals surface area contributed by atoms with Crippen molar-refractivity contribution in [1.82, 2.24) is 0 Å². The second kappa shape index (κ2) is 3.12. The molecular weight excluding hydrogens is 184 g/mol. The largest absolute Gasteiger partial charge is 0.499 e. The van der Waals surface area contributed by atoms with Crippen LogP contribution in [0, 0.1) is 11.3 Å². The predicted molar refractivity (Wildman–Crippen MR) is 49.6 cm³/mol. The van der Waals surface area contributed by atoms with Gasteiger partial charge in [-0.1, -0.05) is 6.92 Å². The van der Waals surface area contributed by atoms with Gasteiger partial charge in [0.15, 0.2) is 5.78 Å². The topological polar surface area (TPSA) is 63.6 Å². The molecule has 0 bridgehead atoms. The molecule has 0 unspecified atom stereocenters. The summed E-state index contributed by atoms with van der Waals surface area (Å²) < 4.78 is 5.02. The lowest BCUT2D eigenvalue weighted by Gasteiger charge is -2.25. The summed E-state index contributed by atoms with van der Waals surface area (Å²) in [4.78, 5) is 22.7. The fourth-order valence-corrected chi connectivity index (χ4v) is 1.93. The van der Waals surface area contributed by atoms with E-state index in [4.69, 9.17) is 9.84 Å². The molecule has 0 saturated carbocycles. The lowest BCUT2D eigenvalue weighted by molar-refractivity contribution is -0.151. The maximum Gasteiger partial charge on any atom is 0.317 e. The summed E-state index contributed by atoms with van der Waals surface area (Å²) in [5.74, 6) is -1.45. The number of hydrogen-bond acceptors (Lipinski definition) is 3. The van der Waals surface area contributed by atoms with E-state index in [2.05, 4.69) is 0 Å². The van der Waals surface area contributed by atoms with Gasteiger partial charge in [-0.05, 0) is 13.8 Å². The number of ketones is 1. The van der Waals surface area contributed by atoms with E-state index in [1.165, 1.54) is 14.0 Å². The minimum Gasteiger partial charge on any atom is -0.499 e. The summed E-state index contributed by atoms with van der Waals surface area (Å²) in [6.45, 7) is 4.74. The van der Waals surface area contributed by atoms with E-state index in [-0.39, 0.29) is 11.5 Å². The van der Waals surface area contributed by atoms with Crippen molar-refractivity contribution in [2.75, 3.05) is 7.11 Å². The molecule has 1 rings (SSSR count). The van der Waals surface area contributed by atoms with Gasteiger partial charge in [-0.2, -0.15) is 0 Å². The molecule has 78 valence electrons. The first-order chi connectivity index (χ1) is 6.37. The Balaban J connectivity index is 3.33. The maximum atomic E-state index is 11.6. The third-order valence-electron chi connectivity index (χ3n) is 3.09. The lowest BCUT2D eigenvalue weighted by Crippen LogP contribution is -2.35. The van der Waals surface area contributed by atoms with Gasteiger partial charge >= 0.3 is 5.97 Å². The third-order valence-corrected chi connectivity index (χ3v) is 3.09. The fraction of sp³-hybridized carbons (Fsp3) is 0.600. The summed E-state index contributed by atoms with van der Waals surface area (Å²) in [6, 6.07) is 0. The number of carbonyl (C=O) groups is 2. The van der Waals surface area contributed by atoms with Crippen molar-refractivity contribution in [1.29, 1.82) is 0 Å². The van der Waals surface area contributed by atoms with E-state index in [0.29, 0.717) is 5.57 Å². The first-order valence-electron chi connectivity index (χ1n) is 4.40. The number of Topliss-reactive ketones (excluding diaryl/α,β-unsaturated/α-hetero) is 1. The van der Waals surface area contributed by atoms with Gasteiger partial charge in [0.1, 0.15) is 11.2 Å². The van der Waals surface area contributed by atoms with Crippen LogP contribution in [0.25, 0.3) is 0 Å². The van der Waals surface area contributed by atoms with E-state index in [0.717, 1.165) is 0 Å². The van der Waals surface area contributed by atoms with Crippen LogP contribution in [-0.4, -0.2) is 24.0 Å². The first-order valence-corrected chi connectivity index (χ1v) is 4.40. The highest BCUT2D eigenvalue weighted by Crippen LogP contribution is 2.45. The number of carboxylic acids is 1. The maximum absolute atomic E-state index is 11.6. The molecule has 0 saturated heterocycles. The van der Waals surface area contributed by atoms with Crippen LogP contribution < -0.4 is 0 Å². The Morgan fingerprint density at radius 3 is 2.36 bits per heavy atom. The molecule has 0 heterocycles. The van der Waals surface area contributed by atoms with E-state index in [1.54, 1.807) is 13.8 Å². The summed E-state index contributed by atoms with van der Waals surface area (Å²) >= 11 is 0. The molecule has 0 aliphatic heterocycles. The van der Waals surface area contributed by atoms with Crippen molar-refractivity contribution < 1.29 is 19.4 Å². The lowest BCUT2D eigenvalue weighted by atomic mass is 9.80. The van der Waals surface area contributed by atoms with E-state index < -0.39 is 17.3 Å². The van der Waals surface area contributed by atoms with E-state index >= 15 is 0 Å². The standard InChI is InChI=1S/C10H14O4/c1-5-7(11)6(2)10(3,9(12)13)8(5)14-4/h6H,1-4H3,(H,12,13)/t6-,10-/m0/s1. The highest BCUT2D eigenvalue weighted by Gasteiger charge is 2.53. The number of methoxy groups -OCH3 is 1. The van der Waals surface area contributed by atoms with Crippen LogP contribution in [0.2, 0.25) is 0 Å². The molecule has 1 aliphatic carbocycles. The van der Waals surface area contributed by atoms with Crippen molar-refractivity contribution in [2.24, 2.45) is 11.3 Å². The smallest absolute Gasteiger partial charge is 0.317 e. The van der Waals surface area contributed by atoms with Crippen LogP contribution in [0.4, 0.5) is 0 Å². The molecule has 0 aromatic heterocycles. The molecule has 14 heavy (non-hydrogen) atoms. The Bertz CT molecular complexity index is 329. The molecule has 1 aliphatic rings. The highest BCUT2D eigenvalue weighted by atomic mass is 16.5. The van der Waals surface area contributed by atoms with Gasteiger partial charge in [-0.25, -0.2) is 0 Å². The molecule has 4 heteroatoms. The molecular formula is C10H14O4. The van der Waals surface area contributed by atoms with Crippen molar-refractivity contribution in [2.45, 2.75) is 20.8 Å². The van der Waals surface area contributed by atoms with Gasteiger partial charge in [-0.15, -0.1) is 0 Å². The number of carboxylic acid groups (broad SMARTS) is 1. The number of allylic oxidation sites excluding steroid dienone is 1. The average Bonchev–Trinajstić information content (AvgIpc) is 2.29. The van der Waals surface area contributed by atoms with Crippen LogP contribution in [-0.2, 0) is 14.3 Å². The molecule has 1 N–H and O–H groups in total. The number of ether oxygens (including phenoxy) is 1. The fourth-order valence-electron chi connectivity index (χ4n) is 1.93. The molecule has 0 fully saturated rings. The van der Waals surface area contributed by atoms with Crippen LogP contribution in [0.5, 0.6) is 0 Å². The molecule has 0 spiro atoms. The van der Waals surface area contributed by atoms with Gasteiger partial charge in [0.25, 0.3) is 0 Å². The molecule has 0 amide bonds. The van der Waals surface area contributed by atoms with Gasteiger partial charge in [-0.3, -0.25) is 9.59 Å². The Labute approximate surface area is 82.6 Å². The number of hydrogen-bond donors (Lipinski definition) is 1. The van der Waals surface area contributed by atoms with Crippen LogP contribution in [0.1, 0.15) is 20.8 Å². The molecule has 0 aromatic rings. The number of aliphatic carboxylic acids is 1. The summed E-state index contributed by atoms with van der Waals surface area (Å²) in [5.41, 5.74) is -0.791. The third kappa shape index (κ3) is 1.06. The SMILES string of the molecule is COC1=C(C)C(=O)[C@H](C)[C@]1(C)C(=O)O. The average molecular weight is 198 g/mol. The second-order valence-electron chi connectivity index (χ2n) is 3.75. The Morgan fingerprint density at radius 2 is 2.07 bits per heavy atom. The molecule has 2 atom stereocenters. The zero-order valence-electron chi connectivity index (χ0n) is 8.75. The Hall–Kier alpha value is -1.32. The minimum absolute atomic E-state index is 0.147. The van der Waals surface area contributed by atoms with E-state index in [9.17, 15) is 9.59 Å². The summed E-state index contributed by atoms with van der Waals surface area (Å²) in [7, 11) is 1.39. The normalized spacial score (nSPS) is 32.3.